The summed E-state index contributed by atoms with van der Waals surface area (Å²) in [5.41, 5.74) is 13.4. The third-order valence-corrected chi connectivity index (χ3v) is 3.26. The highest BCUT2D eigenvalue weighted by Gasteiger charge is 2.07. The molecule has 0 aliphatic carbocycles. The normalized spacial score (nSPS) is 10.3. The van der Waals surface area contributed by atoms with Crippen LogP contribution in [0.1, 0.15) is 5.69 Å². The van der Waals surface area contributed by atoms with Gasteiger partial charge in [0.1, 0.15) is 17.2 Å². The van der Waals surface area contributed by atoms with E-state index in [0.717, 1.165) is 10.8 Å². The van der Waals surface area contributed by atoms with Crippen molar-refractivity contribution in [3.63, 3.8) is 0 Å². The van der Waals surface area contributed by atoms with Crippen molar-refractivity contribution in [2.45, 2.75) is 0 Å². The van der Waals surface area contributed by atoms with Gasteiger partial charge in [-0.25, -0.2) is 4.98 Å². The predicted molar refractivity (Wildman–Crippen MR) is 90.3 cm³/mol. The van der Waals surface area contributed by atoms with Gasteiger partial charge in [0.05, 0.1) is 11.9 Å². The molecule has 114 valence electrons. The molecule has 0 radical (unpaired) electrons. The Hall–Kier alpha value is -3.55. The van der Waals surface area contributed by atoms with E-state index >= 15 is 0 Å². The molecular weight excluding hydrogens is 294 g/mol. The highest BCUT2D eigenvalue weighted by atomic mass is 16.3. The molecule has 0 saturated carbocycles. The molecule has 0 spiro atoms. The fourth-order valence-corrected chi connectivity index (χ4v) is 2.10. The number of amidine groups is 1. The molecule has 23 heavy (non-hydrogen) atoms. The lowest BCUT2D eigenvalue weighted by atomic mass is 10.1. The summed E-state index contributed by atoms with van der Waals surface area (Å²) >= 11 is 0. The van der Waals surface area contributed by atoms with E-state index in [0.29, 0.717) is 17.2 Å². The molecule has 0 saturated heterocycles. The lowest BCUT2D eigenvalue weighted by Gasteiger charge is -2.13. The van der Waals surface area contributed by atoms with Crippen molar-refractivity contribution >= 4 is 33.8 Å². The monoisotopic (exact) mass is 307 g/mol. The Balaban J connectivity index is 1.82. The Labute approximate surface area is 131 Å². The standard InChI is InChI=1S/C15H13N7O/c16-14(22-23)12-6-5-10(8-18-12)20-21-13-11-4-2-1-3-9(11)7-19-15(13)17/h1-8,16,20-21H,(H2,17,19). The molecule has 0 fully saturated rings. The number of fused-ring (bicyclic) bond motifs is 1. The number of hydrogen-bond donors (Lipinski definition) is 4. The first-order valence-corrected chi connectivity index (χ1v) is 6.72. The minimum Gasteiger partial charge on any atom is -0.382 e. The second-order valence-electron chi connectivity index (χ2n) is 4.73. The van der Waals surface area contributed by atoms with Gasteiger partial charge in [-0.05, 0) is 17.3 Å². The summed E-state index contributed by atoms with van der Waals surface area (Å²) in [7, 11) is 0. The van der Waals surface area contributed by atoms with E-state index in [-0.39, 0.29) is 5.69 Å². The van der Waals surface area contributed by atoms with Crippen molar-refractivity contribution in [2.75, 3.05) is 16.6 Å². The average molecular weight is 307 g/mol. The van der Waals surface area contributed by atoms with Crippen LogP contribution in [0.4, 0.5) is 17.2 Å². The topological polar surface area (TPSA) is 129 Å². The number of hydrazine groups is 1. The van der Waals surface area contributed by atoms with Crippen LogP contribution < -0.4 is 16.6 Å². The minimum absolute atomic E-state index is 0.205. The van der Waals surface area contributed by atoms with Crippen LogP contribution in [0.25, 0.3) is 10.8 Å². The molecule has 0 aliphatic rings. The molecule has 1 aromatic carbocycles. The van der Waals surface area contributed by atoms with Crippen molar-refractivity contribution in [1.82, 2.24) is 9.97 Å². The van der Waals surface area contributed by atoms with Gasteiger partial charge in [0.2, 0.25) is 5.84 Å². The largest absolute Gasteiger partial charge is 0.382 e. The zero-order valence-electron chi connectivity index (χ0n) is 11.9. The number of benzene rings is 1. The number of nitrogens with zero attached hydrogens (tertiary/aromatic N) is 3. The highest BCUT2D eigenvalue weighted by molar-refractivity contribution is 5.98. The van der Waals surface area contributed by atoms with Gasteiger partial charge in [0, 0.05) is 17.0 Å². The first-order valence-electron chi connectivity index (χ1n) is 6.72. The first kappa shape index (κ1) is 14.4. The number of rotatable bonds is 4. The molecule has 2 aromatic heterocycles. The van der Waals surface area contributed by atoms with Crippen LogP contribution in [-0.2, 0) is 0 Å². The number of hydrogen-bond acceptors (Lipinski definition) is 7. The minimum atomic E-state index is -0.410. The first-order chi connectivity index (χ1) is 11.2. The van der Waals surface area contributed by atoms with Crippen molar-refractivity contribution in [1.29, 1.82) is 5.41 Å². The second-order valence-corrected chi connectivity index (χ2v) is 4.73. The van der Waals surface area contributed by atoms with E-state index in [2.05, 4.69) is 26.0 Å². The van der Waals surface area contributed by atoms with E-state index in [1.165, 1.54) is 12.3 Å². The average Bonchev–Trinajstić information content (AvgIpc) is 2.60. The van der Waals surface area contributed by atoms with Crippen molar-refractivity contribution in [2.24, 2.45) is 5.18 Å². The molecule has 0 atom stereocenters. The van der Waals surface area contributed by atoms with Crippen LogP contribution in [0.15, 0.2) is 54.0 Å². The molecule has 0 amide bonds. The fraction of sp³-hybridized carbons (Fsp3) is 0. The Kier molecular flexibility index (Phi) is 3.79. The van der Waals surface area contributed by atoms with Gasteiger partial charge >= 0.3 is 0 Å². The molecule has 0 bridgehead atoms. The maximum atomic E-state index is 10.3. The number of aromatic nitrogens is 2. The van der Waals surface area contributed by atoms with Crippen LogP contribution in [0.3, 0.4) is 0 Å². The number of nitrogens with two attached hydrogens (primary N) is 1. The fourth-order valence-electron chi connectivity index (χ4n) is 2.10. The molecule has 0 aliphatic heterocycles. The van der Waals surface area contributed by atoms with Crippen LogP contribution in [-0.4, -0.2) is 15.8 Å². The zero-order valence-corrected chi connectivity index (χ0v) is 11.9. The van der Waals surface area contributed by atoms with Crippen LogP contribution in [0.2, 0.25) is 0 Å². The molecule has 3 aromatic rings. The Morgan fingerprint density at radius 3 is 2.65 bits per heavy atom. The molecular formula is C15H13N7O. The number of nitrogens with one attached hydrogen (secondary N) is 3. The Morgan fingerprint density at radius 2 is 1.91 bits per heavy atom. The van der Waals surface area contributed by atoms with Gasteiger partial charge in [0.15, 0.2) is 0 Å². The smallest absolute Gasteiger partial charge is 0.215 e. The highest BCUT2D eigenvalue weighted by Crippen LogP contribution is 2.27. The second kappa shape index (κ2) is 6.06. The summed E-state index contributed by atoms with van der Waals surface area (Å²) in [5, 5.41) is 11.7. The number of nitroso groups, excluding NO2 is 1. The van der Waals surface area contributed by atoms with E-state index in [1.54, 1.807) is 12.3 Å². The van der Waals surface area contributed by atoms with Crippen molar-refractivity contribution < 1.29 is 0 Å². The number of pyridine rings is 2. The maximum Gasteiger partial charge on any atom is 0.215 e. The van der Waals surface area contributed by atoms with Crippen LogP contribution >= 0.6 is 0 Å². The lowest BCUT2D eigenvalue weighted by molar-refractivity contribution is 1.24. The molecule has 8 nitrogen and oxygen atoms in total. The maximum absolute atomic E-state index is 10.3. The lowest BCUT2D eigenvalue weighted by Crippen LogP contribution is -2.12. The summed E-state index contributed by atoms with van der Waals surface area (Å²) in [6.07, 6.45) is 3.20. The van der Waals surface area contributed by atoms with E-state index in [4.69, 9.17) is 11.1 Å². The summed E-state index contributed by atoms with van der Waals surface area (Å²) in [5.74, 6) is -0.0419. The van der Waals surface area contributed by atoms with E-state index in [9.17, 15) is 4.91 Å². The summed E-state index contributed by atoms with van der Waals surface area (Å²) < 4.78 is 0. The van der Waals surface area contributed by atoms with Gasteiger partial charge in [-0.15, -0.1) is 4.91 Å². The van der Waals surface area contributed by atoms with E-state index < -0.39 is 5.84 Å². The molecule has 3 rings (SSSR count). The molecule has 0 unspecified atom stereocenters. The third kappa shape index (κ3) is 2.91. The Bertz CT molecular complexity index is 877. The van der Waals surface area contributed by atoms with Crippen molar-refractivity contribution in [3.05, 3.63) is 59.4 Å². The van der Waals surface area contributed by atoms with Gasteiger partial charge in [-0.2, -0.15) is 0 Å². The van der Waals surface area contributed by atoms with Gasteiger partial charge in [0.25, 0.3) is 0 Å². The number of anilines is 3. The van der Waals surface area contributed by atoms with Crippen molar-refractivity contribution in [3.8, 4) is 0 Å². The summed E-state index contributed by atoms with van der Waals surface area (Å²) in [6, 6.07) is 10.9. The van der Waals surface area contributed by atoms with Crippen LogP contribution in [0, 0.1) is 10.3 Å². The SMILES string of the molecule is N=C(N=O)c1ccc(NNc2c(N)ncc3ccccc23)cn1. The Morgan fingerprint density at radius 1 is 1.09 bits per heavy atom. The third-order valence-electron chi connectivity index (χ3n) is 3.26. The van der Waals surface area contributed by atoms with Gasteiger partial charge < -0.3 is 5.73 Å². The molecule has 5 N–H and O–H groups in total. The summed E-state index contributed by atoms with van der Waals surface area (Å²) in [6.45, 7) is 0. The summed E-state index contributed by atoms with van der Waals surface area (Å²) in [4.78, 5) is 18.4. The molecule has 2 heterocycles. The zero-order chi connectivity index (χ0) is 16.2. The predicted octanol–water partition coefficient (Wildman–Crippen LogP) is 2.74. The number of nitrogen functional groups attached to an aromatic ring is 1. The quantitative estimate of drug-likeness (QED) is 0.254. The van der Waals surface area contributed by atoms with Gasteiger partial charge in [-0.3, -0.25) is 21.2 Å². The van der Waals surface area contributed by atoms with Gasteiger partial charge in [-0.1, -0.05) is 24.3 Å². The van der Waals surface area contributed by atoms with Crippen LogP contribution in [0.5, 0.6) is 0 Å². The molecule has 8 heteroatoms. The van der Waals surface area contributed by atoms with E-state index in [1.807, 2.05) is 24.3 Å².